The number of cyclic esters (lactones) is 2. The molecule has 0 amide bonds. The van der Waals surface area contributed by atoms with Crippen molar-refractivity contribution in [3.63, 3.8) is 0 Å². The van der Waals surface area contributed by atoms with Crippen LogP contribution in [0.25, 0.3) is 0 Å². The van der Waals surface area contributed by atoms with Crippen molar-refractivity contribution in [2.24, 2.45) is 0 Å². The van der Waals surface area contributed by atoms with E-state index < -0.39 is 23.9 Å². The summed E-state index contributed by atoms with van der Waals surface area (Å²) in [5, 5.41) is 0. The third-order valence-electron chi connectivity index (χ3n) is 7.38. The van der Waals surface area contributed by atoms with E-state index in [1.54, 1.807) is 42.5 Å². The highest BCUT2D eigenvalue weighted by atomic mass is 16.6. The van der Waals surface area contributed by atoms with Crippen LogP contribution in [0.15, 0.2) is 84.9 Å². The first-order chi connectivity index (χ1) is 23.5. The van der Waals surface area contributed by atoms with Crippen LogP contribution in [0.4, 0.5) is 0 Å². The van der Waals surface area contributed by atoms with Crippen molar-refractivity contribution in [1.82, 2.24) is 0 Å². The van der Waals surface area contributed by atoms with Gasteiger partial charge in [-0.3, -0.25) is 0 Å². The Bertz CT molecular complexity index is 1230. The Hall–Kier alpha value is -4.46. The fraction of sp³-hybridized carbons (Fsp3) is 0.450. The molecule has 0 saturated carbocycles. The predicted octanol–water partition coefficient (Wildman–Crippen LogP) is 9.42. The molecule has 0 aliphatic carbocycles. The zero-order chi connectivity index (χ0) is 34.7. The summed E-state index contributed by atoms with van der Waals surface area (Å²) in [6.45, 7) is 5.37. The molecule has 0 N–H and O–H groups in total. The van der Waals surface area contributed by atoms with Crippen LogP contribution >= 0.6 is 0 Å². The van der Waals surface area contributed by atoms with Gasteiger partial charge in [-0.05, 0) is 43.2 Å². The molecule has 3 aromatic carbocycles. The van der Waals surface area contributed by atoms with E-state index >= 15 is 0 Å². The molecule has 2 bridgehead atoms. The fourth-order valence-electron chi connectivity index (χ4n) is 4.68. The number of hydrogen-bond acceptors (Lipinski definition) is 8. The molecule has 1 heterocycles. The van der Waals surface area contributed by atoms with Gasteiger partial charge in [0.15, 0.2) is 0 Å². The molecule has 48 heavy (non-hydrogen) atoms. The van der Waals surface area contributed by atoms with E-state index in [0.717, 1.165) is 25.7 Å². The molecule has 0 saturated heterocycles. The SMILES string of the molecule is CCCCCCCCOC(=O)c1ccccc1C(=O)OCCCCCCCC.O=C1OCCOC(=O)c2cccc1c2.c1ccccc1. The molecule has 0 aromatic heterocycles. The van der Waals surface area contributed by atoms with E-state index in [1.165, 1.54) is 57.4 Å². The summed E-state index contributed by atoms with van der Waals surface area (Å²) in [6, 6.07) is 25.0. The molecule has 8 heteroatoms. The van der Waals surface area contributed by atoms with E-state index in [4.69, 9.17) is 18.9 Å². The fourth-order valence-corrected chi connectivity index (χ4v) is 4.68. The summed E-state index contributed by atoms with van der Waals surface area (Å²) in [4.78, 5) is 47.3. The van der Waals surface area contributed by atoms with E-state index in [1.807, 2.05) is 36.4 Å². The summed E-state index contributed by atoms with van der Waals surface area (Å²) < 4.78 is 20.4. The topological polar surface area (TPSA) is 105 Å². The van der Waals surface area contributed by atoms with Gasteiger partial charge in [-0.1, -0.05) is 133 Å². The molecule has 1 aliphatic heterocycles. The standard InChI is InChI=1S/C24H38O4.C10H8O4.C6H6/c1-3-5-7-9-11-15-19-27-23(25)21-17-13-14-18-22(21)24(26)28-20-16-12-10-8-6-4-2;11-9-7-2-1-3-8(6-7)10(12)14-5-4-13-9;1-2-4-6-5-3-1/h13-14,17-18H,3-12,15-16,19-20H2,1-2H3;1-3,6H,4-5H2;1-6H. The Morgan fingerprint density at radius 3 is 1.29 bits per heavy atom. The number of esters is 4. The van der Waals surface area contributed by atoms with Crippen molar-refractivity contribution < 1.29 is 38.1 Å². The summed E-state index contributed by atoms with van der Waals surface area (Å²) in [6.07, 6.45) is 13.6. The molecule has 0 radical (unpaired) electrons. The Labute approximate surface area is 286 Å². The summed E-state index contributed by atoms with van der Waals surface area (Å²) in [5.74, 6) is -1.74. The second kappa shape index (κ2) is 25.6. The van der Waals surface area contributed by atoms with Crippen LogP contribution in [0.2, 0.25) is 0 Å². The first-order valence-corrected chi connectivity index (χ1v) is 17.4. The molecule has 0 fully saturated rings. The van der Waals surface area contributed by atoms with Crippen LogP contribution in [0.3, 0.4) is 0 Å². The van der Waals surface area contributed by atoms with Gasteiger partial charge < -0.3 is 18.9 Å². The minimum Gasteiger partial charge on any atom is -0.462 e. The maximum Gasteiger partial charge on any atom is 0.339 e. The minimum absolute atomic E-state index is 0.100. The normalized spacial score (nSPS) is 11.9. The van der Waals surface area contributed by atoms with Gasteiger partial charge in [0.2, 0.25) is 0 Å². The number of benzene rings is 3. The average Bonchev–Trinajstić information content (AvgIpc) is 3.17. The van der Waals surface area contributed by atoms with Crippen molar-refractivity contribution in [2.75, 3.05) is 26.4 Å². The third kappa shape index (κ3) is 16.9. The highest BCUT2D eigenvalue weighted by Crippen LogP contribution is 2.14. The molecule has 1 aliphatic rings. The van der Waals surface area contributed by atoms with E-state index in [-0.39, 0.29) is 13.2 Å². The number of unbranched alkanes of at least 4 members (excludes halogenated alkanes) is 10. The molecule has 4 rings (SSSR count). The molecular weight excluding hydrogens is 608 g/mol. The van der Waals surface area contributed by atoms with Gasteiger partial charge in [0.25, 0.3) is 0 Å². The molecular formula is C40H52O8. The van der Waals surface area contributed by atoms with Crippen LogP contribution < -0.4 is 0 Å². The lowest BCUT2D eigenvalue weighted by molar-refractivity contribution is 0.0277. The highest BCUT2D eigenvalue weighted by Gasteiger charge is 2.19. The van der Waals surface area contributed by atoms with E-state index in [2.05, 4.69) is 13.8 Å². The van der Waals surface area contributed by atoms with Gasteiger partial charge in [0.1, 0.15) is 13.2 Å². The number of ether oxygens (including phenoxy) is 4. The molecule has 260 valence electrons. The Morgan fingerprint density at radius 1 is 0.521 bits per heavy atom. The van der Waals surface area contributed by atoms with Gasteiger partial charge >= 0.3 is 23.9 Å². The number of hydrogen-bond donors (Lipinski definition) is 0. The van der Waals surface area contributed by atoms with Crippen LogP contribution in [0.5, 0.6) is 0 Å². The summed E-state index contributed by atoms with van der Waals surface area (Å²) in [7, 11) is 0. The average molecular weight is 661 g/mol. The highest BCUT2D eigenvalue weighted by molar-refractivity contribution is 6.03. The van der Waals surface area contributed by atoms with Crippen molar-refractivity contribution in [2.45, 2.75) is 90.9 Å². The maximum atomic E-state index is 12.4. The van der Waals surface area contributed by atoms with Crippen molar-refractivity contribution in [3.8, 4) is 0 Å². The zero-order valence-electron chi connectivity index (χ0n) is 28.7. The number of carbonyl (C=O) groups excluding carboxylic acids is 4. The van der Waals surface area contributed by atoms with Crippen molar-refractivity contribution >= 4 is 23.9 Å². The number of rotatable bonds is 16. The van der Waals surface area contributed by atoms with Crippen LogP contribution in [-0.4, -0.2) is 50.3 Å². The number of fused-ring (bicyclic) bond motifs is 2. The Balaban J connectivity index is 0.000000324. The first kappa shape index (κ1) is 39.7. The van der Waals surface area contributed by atoms with E-state index in [9.17, 15) is 19.2 Å². The first-order valence-electron chi connectivity index (χ1n) is 17.4. The largest absolute Gasteiger partial charge is 0.462 e. The zero-order valence-corrected chi connectivity index (χ0v) is 28.7. The maximum absolute atomic E-state index is 12.4. The van der Waals surface area contributed by atoms with Gasteiger partial charge in [-0.25, -0.2) is 19.2 Å². The second-order valence-electron chi connectivity index (χ2n) is 11.4. The second-order valence-corrected chi connectivity index (χ2v) is 11.4. The lowest BCUT2D eigenvalue weighted by Gasteiger charge is -2.10. The molecule has 0 unspecified atom stereocenters. The van der Waals surface area contributed by atoms with Gasteiger partial charge in [0, 0.05) is 0 Å². The van der Waals surface area contributed by atoms with Crippen LogP contribution in [0, 0.1) is 0 Å². The van der Waals surface area contributed by atoms with Crippen molar-refractivity contribution in [3.05, 3.63) is 107 Å². The summed E-state index contributed by atoms with van der Waals surface area (Å²) in [5.41, 5.74) is 1.34. The van der Waals surface area contributed by atoms with Gasteiger partial charge in [0.05, 0.1) is 35.5 Å². The van der Waals surface area contributed by atoms with Crippen LogP contribution in [-0.2, 0) is 18.9 Å². The summed E-state index contributed by atoms with van der Waals surface area (Å²) >= 11 is 0. The lowest BCUT2D eigenvalue weighted by Crippen LogP contribution is -2.15. The van der Waals surface area contributed by atoms with Gasteiger partial charge in [-0.2, -0.15) is 0 Å². The lowest BCUT2D eigenvalue weighted by atomic mass is 10.1. The molecule has 0 atom stereocenters. The number of carbonyl (C=O) groups is 4. The molecule has 8 nitrogen and oxygen atoms in total. The predicted molar refractivity (Wildman–Crippen MR) is 187 cm³/mol. The minimum atomic E-state index is -0.444. The van der Waals surface area contributed by atoms with Crippen LogP contribution in [0.1, 0.15) is 132 Å². The molecule has 3 aromatic rings. The monoisotopic (exact) mass is 660 g/mol. The van der Waals surface area contributed by atoms with E-state index in [0.29, 0.717) is 35.5 Å². The Kier molecular flexibility index (Phi) is 21.2. The smallest absolute Gasteiger partial charge is 0.339 e. The molecule has 0 spiro atoms. The van der Waals surface area contributed by atoms with Gasteiger partial charge in [-0.15, -0.1) is 0 Å². The third-order valence-corrected chi connectivity index (χ3v) is 7.38. The Morgan fingerprint density at radius 2 is 0.896 bits per heavy atom. The quantitative estimate of drug-likeness (QED) is 0.0850. The van der Waals surface area contributed by atoms with Crippen molar-refractivity contribution in [1.29, 1.82) is 0 Å².